The van der Waals surface area contributed by atoms with Crippen molar-refractivity contribution in [2.45, 2.75) is 19.3 Å². The molecule has 0 spiro atoms. The number of aldehydes is 1. The largest absolute Gasteiger partial charge is 0.508 e. The molecule has 0 fully saturated rings. The standard InChI is InChI=1S/C23H19N3O3/c1-14-2-6-16(7-3-14)21-24-22(17-8-4-15(13-27)5-9-17)26-23(25-21)19-11-10-18(28)12-20(19)29/h2-8,10-13,17,28-29H,9H2,1H3. The molecule has 1 atom stereocenters. The van der Waals surface area contributed by atoms with Crippen LogP contribution in [0.1, 0.15) is 23.7 Å². The van der Waals surface area contributed by atoms with Gasteiger partial charge in [0.05, 0.1) is 5.56 Å². The van der Waals surface area contributed by atoms with Crippen LogP contribution in [0.25, 0.3) is 22.8 Å². The van der Waals surface area contributed by atoms with E-state index in [1.807, 2.05) is 43.3 Å². The van der Waals surface area contributed by atoms with Crippen LogP contribution in [0.15, 0.2) is 66.3 Å². The Hall–Kier alpha value is -3.80. The lowest BCUT2D eigenvalue weighted by Crippen LogP contribution is -2.08. The summed E-state index contributed by atoms with van der Waals surface area (Å²) in [5.74, 6) is 1.11. The number of carbonyl (C=O) groups is 1. The third-order valence-electron chi connectivity index (χ3n) is 4.78. The molecule has 6 nitrogen and oxygen atoms in total. The summed E-state index contributed by atoms with van der Waals surface area (Å²) in [4.78, 5) is 24.8. The quantitative estimate of drug-likeness (QED) is 0.657. The second-order valence-corrected chi connectivity index (χ2v) is 6.93. The zero-order valence-corrected chi connectivity index (χ0v) is 15.8. The molecule has 0 radical (unpaired) electrons. The van der Waals surface area contributed by atoms with Crippen LogP contribution in [0.3, 0.4) is 0 Å². The van der Waals surface area contributed by atoms with E-state index >= 15 is 0 Å². The Morgan fingerprint density at radius 1 is 1.00 bits per heavy atom. The highest BCUT2D eigenvalue weighted by Crippen LogP contribution is 2.33. The van der Waals surface area contributed by atoms with Gasteiger partial charge >= 0.3 is 0 Å². The van der Waals surface area contributed by atoms with Gasteiger partial charge in [0.15, 0.2) is 11.6 Å². The molecule has 0 saturated heterocycles. The summed E-state index contributed by atoms with van der Waals surface area (Å²) in [7, 11) is 0. The van der Waals surface area contributed by atoms with Gasteiger partial charge in [-0.15, -0.1) is 0 Å². The van der Waals surface area contributed by atoms with E-state index in [0.717, 1.165) is 17.4 Å². The van der Waals surface area contributed by atoms with Crippen molar-refractivity contribution in [3.05, 3.63) is 77.7 Å². The molecule has 1 aliphatic rings. The van der Waals surface area contributed by atoms with E-state index in [0.29, 0.717) is 35.0 Å². The van der Waals surface area contributed by atoms with E-state index in [-0.39, 0.29) is 17.4 Å². The van der Waals surface area contributed by atoms with Crippen LogP contribution in [-0.4, -0.2) is 31.5 Å². The van der Waals surface area contributed by atoms with Crippen LogP contribution in [0.2, 0.25) is 0 Å². The van der Waals surface area contributed by atoms with Crippen molar-refractivity contribution in [1.82, 2.24) is 15.0 Å². The Kier molecular flexibility index (Phi) is 4.91. The number of aryl methyl sites for hydroxylation is 1. The topological polar surface area (TPSA) is 96.2 Å². The smallest absolute Gasteiger partial charge is 0.167 e. The number of nitrogens with zero attached hydrogens (tertiary/aromatic N) is 3. The monoisotopic (exact) mass is 385 g/mol. The fraction of sp³-hybridized carbons (Fsp3) is 0.130. The maximum absolute atomic E-state index is 11.0. The Bertz CT molecular complexity index is 1130. The van der Waals surface area contributed by atoms with E-state index in [2.05, 4.69) is 15.0 Å². The highest BCUT2D eigenvalue weighted by molar-refractivity contribution is 5.78. The van der Waals surface area contributed by atoms with Gasteiger partial charge in [-0.25, -0.2) is 15.0 Å². The summed E-state index contributed by atoms with van der Waals surface area (Å²) >= 11 is 0. The molecule has 144 valence electrons. The summed E-state index contributed by atoms with van der Waals surface area (Å²) < 4.78 is 0. The molecule has 1 aromatic heterocycles. The summed E-state index contributed by atoms with van der Waals surface area (Å²) in [6, 6.07) is 12.1. The lowest BCUT2D eigenvalue weighted by Gasteiger charge is -2.15. The number of rotatable bonds is 4. The minimum Gasteiger partial charge on any atom is -0.508 e. The Balaban J connectivity index is 1.83. The predicted molar refractivity (Wildman–Crippen MR) is 109 cm³/mol. The molecule has 3 aromatic rings. The molecular weight excluding hydrogens is 366 g/mol. The third kappa shape index (κ3) is 3.91. The highest BCUT2D eigenvalue weighted by atomic mass is 16.3. The zero-order valence-electron chi connectivity index (χ0n) is 15.8. The van der Waals surface area contributed by atoms with E-state index < -0.39 is 0 Å². The highest BCUT2D eigenvalue weighted by Gasteiger charge is 2.19. The molecule has 29 heavy (non-hydrogen) atoms. The molecule has 1 unspecified atom stereocenters. The first kappa shape index (κ1) is 18.6. The van der Waals surface area contributed by atoms with Crippen LogP contribution in [0.5, 0.6) is 11.5 Å². The fourth-order valence-electron chi connectivity index (χ4n) is 3.14. The van der Waals surface area contributed by atoms with Crippen LogP contribution < -0.4 is 0 Å². The van der Waals surface area contributed by atoms with Crippen molar-refractivity contribution in [1.29, 1.82) is 0 Å². The lowest BCUT2D eigenvalue weighted by molar-refractivity contribution is -0.104. The first-order valence-corrected chi connectivity index (χ1v) is 9.22. The number of allylic oxidation sites excluding steroid dienone is 4. The molecule has 0 bridgehead atoms. The molecule has 0 aliphatic heterocycles. The Labute approximate surface area is 167 Å². The number of benzene rings is 2. The second kappa shape index (κ2) is 7.67. The van der Waals surface area contributed by atoms with Gasteiger partial charge < -0.3 is 10.2 Å². The molecule has 2 aromatic carbocycles. The van der Waals surface area contributed by atoms with E-state index in [1.54, 1.807) is 12.1 Å². The van der Waals surface area contributed by atoms with E-state index in [4.69, 9.17) is 0 Å². The minimum atomic E-state index is -0.112. The van der Waals surface area contributed by atoms with Crippen molar-refractivity contribution in [2.75, 3.05) is 0 Å². The van der Waals surface area contributed by atoms with E-state index in [9.17, 15) is 15.0 Å². The van der Waals surface area contributed by atoms with Gasteiger partial charge in [-0.05, 0) is 25.5 Å². The zero-order chi connectivity index (χ0) is 20.4. The number of aromatic nitrogens is 3. The first-order chi connectivity index (χ1) is 14.0. The molecular formula is C23H19N3O3. The molecule has 6 heteroatoms. The number of hydrogen-bond acceptors (Lipinski definition) is 6. The van der Waals surface area contributed by atoms with E-state index in [1.165, 1.54) is 12.1 Å². The first-order valence-electron chi connectivity index (χ1n) is 9.22. The molecule has 2 N–H and O–H groups in total. The van der Waals surface area contributed by atoms with Crippen molar-refractivity contribution < 1.29 is 15.0 Å². The third-order valence-corrected chi connectivity index (χ3v) is 4.78. The number of aromatic hydroxyl groups is 2. The van der Waals surface area contributed by atoms with Gasteiger partial charge in [0.25, 0.3) is 0 Å². The average Bonchev–Trinajstić information content (AvgIpc) is 2.74. The van der Waals surface area contributed by atoms with Crippen molar-refractivity contribution in [3.8, 4) is 34.3 Å². The molecule has 4 rings (SSSR count). The molecule has 0 saturated carbocycles. The number of phenolic OH excluding ortho intramolecular Hbond substituents is 2. The summed E-state index contributed by atoms with van der Waals surface area (Å²) in [6.45, 7) is 2.01. The van der Waals surface area contributed by atoms with Gasteiger partial charge in [0.1, 0.15) is 23.6 Å². The second-order valence-electron chi connectivity index (χ2n) is 6.93. The number of hydrogen-bond donors (Lipinski definition) is 2. The van der Waals surface area contributed by atoms with Gasteiger partial charge in [-0.2, -0.15) is 0 Å². The predicted octanol–water partition coefficient (Wildman–Crippen LogP) is 4.09. The van der Waals surface area contributed by atoms with Gasteiger partial charge in [-0.1, -0.05) is 48.1 Å². The lowest BCUT2D eigenvalue weighted by atomic mass is 9.96. The minimum absolute atomic E-state index is 0.0407. The van der Waals surface area contributed by atoms with Crippen LogP contribution in [-0.2, 0) is 4.79 Å². The Morgan fingerprint density at radius 2 is 1.76 bits per heavy atom. The number of carbonyl (C=O) groups excluding carboxylic acids is 1. The summed E-state index contributed by atoms with van der Waals surface area (Å²) in [5.41, 5.74) is 3.00. The number of phenols is 2. The maximum Gasteiger partial charge on any atom is 0.167 e. The van der Waals surface area contributed by atoms with Crippen LogP contribution in [0, 0.1) is 6.92 Å². The van der Waals surface area contributed by atoms with Crippen LogP contribution >= 0.6 is 0 Å². The van der Waals surface area contributed by atoms with Crippen molar-refractivity contribution >= 4 is 6.29 Å². The molecule has 1 aliphatic carbocycles. The van der Waals surface area contributed by atoms with Crippen LogP contribution in [0.4, 0.5) is 0 Å². The summed E-state index contributed by atoms with van der Waals surface area (Å²) in [5, 5.41) is 19.9. The molecule has 1 heterocycles. The maximum atomic E-state index is 11.0. The van der Waals surface area contributed by atoms with Crippen molar-refractivity contribution in [3.63, 3.8) is 0 Å². The van der Waals surface area contributed by atoms with Gasteiger partial charge in [-0.3, -0.25) is 4.79 Å². The normalized spacial score (nSPS) is 15.8. The fourth-order valence-corrected chi connectivity index (χ4v) is 3.14. The van der Waals surface area contributed by atoms with Gasteiger partial charge in [0.2, 0.25) is 0 Å². The SMILES string of the molecule is Cc1ccc(-c2nc(-c3ccc(O)cc3O)nc(C3C=CC(C=O)=CC3)n2)cc1. The van der Waals surface area contributed by atoms with Crippen molar-refractivity contribution in [2.24, 2.45) is 0 Å². The average molecular weight is 385 g/mol. The Morgan fingerprint density at radius 3 is 2.41 bits per heavy atom. The van der Waals surface area contributed by atoms with Gasteiger partial charge in [0, 0.05) is 23.1 Å². The molecule has 0 amide bonds. The summed E-state index contributed by atoms with van der Waals surface area (Å²) in [6.07, 6.45) is 6.93.